The van der Waals surface area contributed by atoms with Gasteiger partial charge < -0.3 is 15.3 Å². The van der Waals surface area contributed by atoms with E-state index in [1.807, 2.05) is 17.5 Å². The smallest absolute Gasteiger partial charge is 0.318 e. The second kappa shape index (κ2) is 5.18. The van der Waals surface area contributed by atoms with Crippen molar-refractivity contribution in [2.24, 2.45) is 0 Å². The van der Waals surface area contributed by atoms with Gasteiger partial charge in [0, 0.05) is 24.4 Å². The quantitative estimate of drug-likeness (QED) is 0.840. The lowest BCUT2D eigenvalue weighted by Crippen LogP contribution is -2.29. The molecule has 0 aliphatic carbocycles. The van der Waals surface area contributed by atoms with Crippen LogP contribution in [0.2, 0.25) is 0 Å². The number of rotatable bonds is 5. The van der Waals surface area contributed by atoms with Crippen LogP contribution in [0.1, 0.15) is 23.8 Å². The van der Waals surface area contributed by atoms with Gasteiger partial charge in [-0.25, -0.2) is 4.79 Å². The summed E-state index contributed by atoms with van der Waals surface area (Å²) in [4.78, 5) is 24.8. The molecule has 1 aliphatic heterocycles. The van der Waals surface area contributed by atoms with E-state index in [0.29, 0.717) is 19.5 Å². The molecule has 0 spiro atoms. The third-order valence-electron chi connectivity index (χ3n) is 2.69. The molecule has 1 aromatic rings. The molecule has 1 unspecified atom stereocenters. The molecule has 2 amide bonds. The van der Waals surface area contributed by atoms with Crippen molar-refractivity contribution < 1.29 is 14.7 Å². The average Bonchev–Trinajstić information content (AvgIpc) is 2.87. The number of hydrogen-bond acceptors (Lipinski definition) is 3. The summed E-state index contributed by atoms with van der Waals surface area (Å²) in [5.74, 6) is -0.820. The van der Waals surface area contributed by atoms with E-state index in [2.05, 4.69) is 5.32 Å². The first-order valence-electron chi connectivity index (χ1n) is 5.47. The van der Waals surface area contributed by atoms with Gasteiger partial charge in [0.25, 0.3) is 0 Å². The number of carboxylic acids is 1. The molecule has 0 bridgehead atoms. The molecular formula is C11H14N2O3S. The fourth-order valence-electron chi connectivity index (χ4n) is 1.85. The van der Waals surface area contributed by atoms with E-state index >= 15 is 0 Å². The number of hydrogen-bond donors (Lipinski definition) is 2. The van der Waals surface area contributed by atoms with Crippen LogP contribution in [0.5, 0.6) is 0 Å². The van der Waals surface area contributed by atoms with Gasteiger partial charge in [-0.15, -0.1) is 11.3 Å². The van der Waals surface area contributed by atoms with Gasteiger partial charge >= 0.3 is 12.0 Å². The second-order valence-corrected chi connectivity index (χ2v) is 4.94. The van der Waals surface area contributed by atoms with E-state index in [-0.39, 0.29) is 18.5 Å². The lowest BCUT2D eigenvalue weighted by atomic mass is 10.2. The average molecular weight is 254 g/mol. The van der Waals surface area contributed by atoms with Gasteiger partial charge in [0.1, 0.15) is 0 Å². The van der Waals surface area contributed by atoms with E-state index in [9.17, 15) is 9.59 Å². The number of carbonyl (C=O) groups excluding carboxylic acids is 1. The standard InChI is InChI=1S/C11H14N2O3S/c14-10(15)4-1-5-13-7-8(12-11(13)16)9-3-2-6-17-9/h2-3,6,8H,1,4-5,7H2,(H,12,16)(H,14,15). The summed E-state index contributed by atoms with van der Waals surface area (Å²) in [5.41, 5.74) is 0. The minimum Gasteiger partial charge on any atom is -0.481 e. The van der Waals surface area contributed by atoms with Crippen LogP contribution in [0.3, 0.4) is 0 Å². The maximum Gasteiger partial charge on any atom is 0.318 e. The van der Waals surface area contributed by atoms with Crippen LogP contribution in [0, 0.1) is 0 Å². The summed E-state index contributed by atoms with van der Waals surface area (Å²) in [5, 5.41) is 13.4. The van der Waals surface area contributed by atoms with Gasteiger partial charge in [-0.2, -0.15) is 0 Å². The Labute approximate surface area is 103 Å². The monoisotopic (exact) mass is 254 g/mol. The molecule has 1 saturated heterocycles. The second-order valence-electron chi connectivity index (χ2n) is 3.96. The molecule has 1 aromatic heterocycles. The molecule has 2 N–H and O–H groups in total. The number of urea groups is 1. The number of nitrogens with one attached hydrogen (secondary N) is 1. The third-order valence-corrected chi connectivity index (χ3v) is 3.68. The minimum atomic E-state index is -0.820. The highest BCUT2D eigenvalue weighted by atomic mass is 32.1. The minimum absolute atomic E-state index is 0.0485. The molecule has 1 aliphatic rings. The maximum absolute atomic E-state index is 11.6. The lowest BCUT2D eigenvalue weighted by Gasteiger charge is -2.13. The van der Waals surface area contributed by atoms with E-state index in [1.54, 1.807) is 16.2 Å². The van der Waals surface area contributed by atoms with Crippen LogP contribution in [-0.2, 0) is 4.79 Å². The van der Waals surface area contributed by atoms with Crippen molar-refractivity contribution >= 4 is 23.3 Å². The normalized spacial score (nSPS) is 19.4. The predicted octanol–water partition coefficient (Wildman–Crippen LogP) is 1.68. The van der Waals surface area contributed by atoms with Gasteiger partial charge in [-0.3, -0.25) is 4.79 Å². The number of carboxylic acid groups (broad SMARTS) is 1. The van der Waals surface area contributed by atoms with Gasteiger partial charge in [-0.1, -0.05) is 6.07 Å². The highest BCUT2D eigenvalue weighted by Gasteiger charge is 2.29. The summed E-state index contributed by atoms with van der Waals surface area (Å²) in [6.45, 7) is 1.12. The molecular weight excluding hydrogens is 240 g/mol. The van der Waals surface area contributed by atoms with Crippen molar-refractivity contribution in [1.82, 2.24) is 10.2 Å². The Bertz CT molecular complexity index is 405. The Kier molecular flexibility index (Phi) is 3.63. The van der Waals surface area contributed by atoms with Crippen LogP contribution < -0.4 is 5.32 Å². The van der Waals surface area contributed by atoms with Crippen molar-refractivity contribution in [3.05, 3.63) is 22.4 Å². The number of carbonyl (C=O) groups is 2. The van der Waals surface area contributed by atoms with Gasteiger partial charge in [-0.05, 0) is 17.9 Å². The first kappa shape index (κ1) is 11.9. The zero-order valence-electron chi connectivity index (χ0n) is 9.26. The Morgan fingerprint density at radius 1 is 1.65 bits per heavy atom. The molecule has 0 aromatic carbocycles. The Hall–Kier alpha value is -1.56. The molecule has 0 saturated carbocycles. The van der Waals surface area contributed by atoms with E-state index in [1.165, 1.54) is 0 Å². The topological polar surface area (TPSA) is 69.6 Å². The molecule has 1 fully saturated rings. The summed E-state index contributed by atoms with van der Waals surface area (Å²) in [6, 6.07) is 3.90. The maximum atomic E-state index is 11.6. The Morgan fingerprint density at radius 3 is 3.12 bits per heavy atom. The molecule has 2 heterocycles. The summed E-state index contributed by atoms with van der Waals surface area (Å²) >= 11 is 1.62. The van der Waals surface area contributed by atoms with Crippen molar-refractivity contribution in [3.8, 4) is 0 Å². The van der Waals surface area contributed by atoms with Crippen LogP contribution in [-0.4, -0.2) is 35.1 Å². The fourth-order valence-corrected chi connectivity index (χ4v) is 2.62. The van der Waals surface area contributed by atoms with Gasteiger partial charge in [0.2, 0.25) is 0 Å². The van der Waals surface area contributed by atoms with Crippen LogP contribution >= 0.6 is 11.3 Å². The molecule has 6 heteroatoms. The van der Waals surface area contributed by atoms with Crippen molar-refractivity contribution in [2.45, 2.75) is 18.9 Å². The van der Waals surface area contributed by atoms with Crippen molar-refractivity contribution in [3.63, 3.8) is 0 Å². The SMILES string of the molecule is O=C(O)CCCN1CC(c2cccs2)NC1=O. The van der Waals surface area contributed by atoms with Crippen molar-refractivity contribution in [2.75, 3.05) is 13.1 Å². The molecule has 2 rings (SSSR count). The Balaban J connectivity index is 1.85. The molecule has 0 radical (unpaired) electrons. The molecule has 17 heavy (non-hydrogen) atoms. The summed E-state index contributed by atoms with van der Waals surface area (Å²) in [6.07, 6.45) is 0.605. The van der Waals surface area contributed by atoms with E-state index in [4.69, 9.17) is 5.11 Å². The summed E-state index contributed by atoms with van der Waals surface area (Å²) in [7, 11) is 0. The van der Waals surface area contributed by atoms with Gasteiger partial charge in [0.05, 0.1) is 6.04 Å². The predicted molar refractivity (Wildman–Crippen MR) is 64.0 cm³/mol. The largest absolute Gasteiger partial charge is 0.481 e. The number of nitrogens with zero attached hydrogens (tertiary/aromatic N) is 1. The van der Waals surface area contributed by atoms with Crippen LogP contribution in [0.15, 0.2) is 17.5 Å². The Morgan fingerprint density at radius 2 is 2.47 bits per heavy atom. The van der Waals surface area contributed by atoms with Gasteiger partial charge in [0.15, 0.2) is 0 Å². The first-order valence-corrected chi connectivity index (χ1v) is 6.35. The zero-order chi connectivity index (χ0) is 12.3. The number of aliphatic carboxylic acids is 1. The zero-order valence-corrected chi connectivity index (χ0v) is 10.1. The molecule has 5 nitrogen and oxygen atoms in total. The summed E-state index contributed by atoms with van der Waals surface area (Å²) < 4.78 is 0. The highest BCUT2D eigenvalue weighted by molar-refractivity contribution is 7.10. The molecule has 1 atom stereocenters. The molecule has 92 valence electrons. The van der Waals surface area contributed by atoms with Crippen molar-refractivity contribution in [1.29, 1.82) is 0 Å². The highest BCUT2D eigenvalue weighted by Crippen LogP contribution is 2.24. The van der Waals surface area contributed by atoms with Crippen LogP contribution in [0.25, 0.3) is 0 Å². The fraction of sp³-hybridized carbons (Fsp3) is 0.455. The van der Waals surface area contributed by atoms with Crippen LogP contribution in [0.4, 0.5) is 4.79 Å². The van der Waals surface area contributed by atoms with E-state index < -0.39 is 5.97 Å². The third kappa shape index (κ3) is 2.97. The number of amides is 2. The number of thiophene rings is 1. The first-order chi connectivity index (χ1) is 8.16. The van der Waals surface area contributed by atoms with E-state index in [0.717, 1.165) is 4.88 Å². The lowest BCUT2D eigenvalue weighted by molar-refractivity contribution is -0.137.